The first-order chi connectivity index (χ1) is 11.7. The minimum Gasteiger partial charge on any atom is -0.369 e. The predicted molar refractivity (Wildman–Crippen MR) is 96.2 cm³/mol. The Labute approximate surface area is 151 Å². The van der Waals surface area contributed by atoms with Crippen LogP contribution in [-0.2, 0) is 19.4 Å². The van der Waals surface area contributed by atoms with E-state index in [2.05, 4.69) is 9.80 Å². The van der Waals surface area contributed by atoms with Crippen LogP contribution in [0.1, 0.15) is 19.8 Å². The summed E-state index contributed by atoms with van der Waals surface area (Å²) in [7, 11) is 0.662. The third kappa shape index (κ3) is 4.53. The molecular formula is C17H31N3O4S. The van der Waals surface area contributed by atoms with E-state index in [1.165, 1.54) is 12.8 Å². The number of sulfone groups is 1. The Morgan fingerprint density at radius 3 is 2.48 bits per heavy atom. The summed E-state index contributed by atoms with van der Waals surface area (Å²) in [4.78, 5) is 18.6. The van der Waals surface area contributed by atoms with Crippen LogP contribution in [0.25, 0.3) is 0 Å². The van der Waals surface area contributed by atoms with E-state index in [0.29, 0.717) is 13.2 Å². The Kier molecular flexibility index (Phi) is 5.44. The quantitative estimate of drug-likeness (QED) is 0.609. The van der Waals surface area contributed by atoms with E-state index in [1.807, 2.05) is 0 Å². The highest BCUT2D eigenvalue weighted by molar-refractivity contribution is 7.91. The molecule has 2 saturated heterocycles. The standard InChI is InChI=1S/C17H31N3O4S/c1-4-25(22,23)8-7-19-11-17(12-19)13-20(9-14-5-6-14)15(10-24-17)16(21)18(2)3/h14-15H,4-13H2,1-3H3/t15-/m0/s1. The maximum Gasteiger partial charge on any atom is 0.241 e. The number of likely N-dealkylation sites (tertiary alicyclic amines) is 1. The van der Waals surface area contributed by atoms with Gasteiger partial charge in [-0.1, -0.05) is 6.92 Å². The average Bonchev–Trinajstić information content (AvgIpc) is 3.34. The van der Waals surface area contributed by atoms with Crippen molar-refractivity contribution in [1.29, 1.82) is 0 Å². The van der Waals surface area contributed by atoms with Crippen LogP contribution in [0.15, 0.2) is 0 Å². The van der Waals surface area contributed by atoms with Crippen molar-refractivity contribution in [1.82, 2.24) is 14.7 Å². The van der Waals surface area contributed by atoms with Crippen molar-refractivity contribution in [3.05, 3.63) is 0 Å². The van der Waals surface area contributed by atoms with Crippen LogP contribution in [0.5, 0.6) is 0 Å². The van der Waals surface area contributed by atoms with Crippen LogP contribution >= 0.6 is 0 Å². The van der Waals surface area contributed by atoms with Gasteiger partial charge in [-0.15, -0.1) is 0 Å². The molecule has 0 radical (unpaired) electrons. The summed E-state index contributed by atoms with van der Waals surface area (Å²) in [6, 6.07) is -0.184. The Morgan fingerprint density at radius 1 is 1.24 bits per heavy atom. The molecule has 2 heterocycles. The van der Waals surface area contributed by atoms with E-state index in [1.54, 1.807) is 25.9 Å². The molecule has 144 valence electrons. The lowest BCUT2D eigenvalue weighted by atomic mass is 9.90. The molecule has 0 N–H and O–H groups in total. The Morgan fingerprint density at radius 2 is 1.92 bits per heavy atom. The first-order valence-electron chi connectivity index (χ1n) is 9.25. The summed E-state index contributed by atoms with van der Waals surface area (Å²) < 4.78 is 29.5. The van der Waals surface area contributed by atoms with Gasteiger partial charge in [0.2, 0.25) is 5.91 Å². The molecule has 0 aromatic rings. The normalized spacial score (nSPS) is 27.2. The van der Waals surface area contributed by atoms with Crippen molar-refractivity contribution in [3.8, 4) is 0 Å². The molecule has 1 spiro atoms. The molecule has 1 atom stereocenters. The Hall–Kier alpha value is -0.700. The molecular weight excluding hydrogens is 342 g/mol. The zero-order valence-corrected chi connectivity index (χ0v) is 16.4. The van der Waals surface area contributed by atoms with Crippen molar-refractivity contribution < 1.29 is 17.9 Å². The number of carbonyl (C=O) groups excluding carboxylic acids is 1. The number of amides is 1. The average molecular weight is 374 g/mol. The van der Waals surface area contributed by atoms with Crippen molar-refractivity contribution >= 4 is 15.7 Å². The highest BCUT2D eigenvalue weighted by atomic mass is 32.2. The SMILES string of the molecule is CCS(=O)(=O)CCN1CC2(C1)CN(CC1CC1)[C@H](C(=O)N(C)C)CO2. The molecule has 0 aromatic heterocycles. The Bertz CT molecular complexity index is 597. The van der Waals surface area contributed by atoms with E-state index in [0.717, 1.165) is 32.1 Å². The smallest absolute Gasteiger partial charge is 0.241 e. The lowest BCUT2D eigenvalue weighted by molar-refractivity contribution is -0.202. The molecule has 3 fully saturated rings. The molecule has 25 heavy (non-hydrogen) atoms. The number of morpholine rings is 1. The van der Waals surface area contributed by atoms with Crippen LogP contribution in [0.3, 0.4) is 0 Å². The topological polar surface area (TPSA) is 70.2 Å². The number of hydrogen-bond donors (Lipinski definition) is 0. The van der Waals surface area contributed by atoms with Crippen LogP contribution in [0, 0.1) is 5.92 Å². The molecule has 0 unspecified atom stereocenters. The van der Waals surface area contributed by atoms with E-state index in [4.69, 9.17) is 4.74 Å². The second-order valence-electron chi connectivity index (χ2n) is 8.06. The molecule has 1 amide bonds. The molecule has 8 heteroatoms. The number of carbonyl (C=O) groups is 1. The van der Waals surface area contributed by atoms with Gasteiger partial charge in [0.1, 0.15) is 11.6 Å². The summed E-state index contributed by atoms with van der Waals surface area (Å²) in [6.45, 7) is 5.96. The largest absolute Gasteiger partial charge is 0.369 e. The first-order valence-corrected chi connectivity index (χ1v) is 11.1. The summed E-state index contributed by atoms with van der Waals surface area (Å²) in [5, 5.41) is 0. The molecule has 1 aliphatic carbocycles. The van der Waals surface area contributed by atoms with E-state index >= 15 is 0 Å². The van der Waals surface area contributed by atoms with Crippen LogP contribution < -0.4 is 0 Å². The molecule has 3 rings (SSSR count). The highest BCUT2D eigenvalue weighted by Gasteiger charge is 2.51. The maximum absolute atomic E-state index is 12.5. The first kappa shape index (κ1) is 19.1. The number of nitrogens with zero attached hydrogens (tertiary/aromatic N) is 3. The van der Waals surface area contributed by atoms with Crippen molar-refractivity contribution in [2.45, 2.75) is 31.4 Å². The lowest BCUT2D eigenvalue weighted by Gasteiger charge is -2.55. The van der Waals surface area contributed by atoms with Crippen LogP contribution in [0.4, 0.5) is 0 Å². The minimum absolute atomic E-state index is 0.112. The number of ether oxygens (including phenoxy) is 1. The fourth-order valence-corrected chi connectivity index (χ4v) is 4.59. The van der Waals surface area contributed by atoms with Gasteiger partial charge in [0.25, 0.3) is 0 Å². The number of rotatable bonds is 7. The minimum atomic E-state index is -2.92. The van der Waals surface area contributed by atoms with Gasteiger partial charge in [-0.25, -0.2) is 8.42 Å². The van der Waals surface area contributed by atoms with Gasteiger partial charge in [-0.3, -0.25) is 14.6 Å². The number of hydrogen-bond acceptors (Lipinski definition) is 6. The molecule has 1 saturated carbocycles. The van der Waals surface area contributed by atoms with Crippen molar-refractivity contribution in [3.63, 3.8) is 0 Å². The summed E-state index contributed by atoms with van der Waals surface area (Å²) >= 11 is 0. The fraction of sp³-hybridized carbons (Fsp3) is 0.941. The molecule has 0 aromatic carbocycles. The second-order valence-corrected chi connectivity index (χ2v) is 10.5. The van der Waals surface area contributed by atoms with Gasteiger partial charge in [0.15, 0.2) is 9.84 Å². The van der Waals surface area contributed by atoms with Crippen molar-refractivity contribution in [2.24, 2.45) is 5.92 Å². The van der Waals surface area contributed by atoms with Crippen LogP contribution in [0.2, 0.25) is 0 Å². The van der Waals surface area contributed by atoms with E-state index in [9.17, 15) is 13.2 Å². The van der Waals surface area contributed by atoms with Crippen molar-refractivity contribution in [2.75, 3.05) is 64.9 Å². The lowest BCUT2D eigenvalue weighted by Crippen LogP contribution is -2.73. The maximum atomic E-state index is 12.5. The van der Waals surface area contributed by atoms with Gasteiger partial charge in [0.05, 0.1) is 12.4 Å². The van der Waals surface area contributed by atoms with Gasteiger partial charge < -0.3 is 9.64 Å². The molecule has 2 aliphatic heterocycles. The predicted octanol–water partition coefficient (Wildman–Crippen LogP) is -0.325. The summed E-state index contributed by atoms with van der Waals surface area (Å²) in [5.74, 6) is 1.25. The van der Waals surface area contributed by atoms with Gasteiger partial charge in [0, 0.05) is 52.6 Å². The zero-order valence-electron chi connectivity index (χ0n) is 15.6. The molecule has 3 aliphatic rings. The second kappa shape index (κ2) is 7.13. The van der Waals surface area contributed by atoms with Crippen LogP contribution in [-0.4, -0.2) is 106 Å². The van der Waals surface area contributed by atoms with Gasteiger partial charge >= 0.3 is 0 Å². The summed E-state index contributed by atoms with van der Waals surface area (Å²) in [5.41, 5.74) is -0.228. The van der Waals surface area contributed by atoms with Gasteiger partial charge in [-0.2, -0.15) is 0 Å². The van der Waals surface area contributed by atoms with Gasteiger partial charge in [-0.05, 0) is 18.8 Å². The third-order valence-corrected chi connectivity index (χ3v) is 7.26. The number of likely N-dealkylation sites (N-methyl/N-ethyl adjacent to an activating group) is 1. The summed E-state index contributed by atoms with van der Waals surface area (Å²) in [6.07, 6.45) is 2.52. The monoisotopic (exact) mass is 373 g/mol. The Balaban J connectivity index is 1.55. The zero-order chi connectivity index (χ0) is 18.2. The molecule has 0 bridgehead atoms. The highest BCUT2D eigenvalue weighted by Crippen LogP contribution is 2.35. The fourth-order valence-electron chi connectivity index (χ4n) is 3.77. The third-order valence-electron chi connectivity index (χ3n) is 5.58. The van der Waals surface area contributed by atoms with E-state index in [-0.39, 0.29) is 29.1 Å². The van der Waals surface area contributed by atoms with E-state index < -0.39 is 9.84 Å². The molecule has 7 nitrogen and oxygen atoms in total.